The van der Waals surface area contributed by atoms with E-state index in [1.54, 1.807) is 0 Å². The molecule has 42 heavy (non-hydrogen) atoms. The fraction of sp³-hybridized carbons (Fsp3) is 0.205. The van der Waals surface area contributed by atoms with E-state index in [0.29, 0.717) is 11.8 Å². The molecule has 5 aromatic carbocycles. The Balaban J connectivity index is 1.54. The molecule has 0 radical (unpaired) electrons. The van der Waals surface area contributed by atoms with Crippen molar-refractivity contribution in [1.29, 1.82) is 0 Å². The fourth-order valence-corrected chi connectivity index (χ4v) is 7.81. The molecule has 0 N–H and O–H groups in total. The molecule has 0 atom stereocenters. The van der Waals surface area contributed by atoms with E-state index in [4.69, 9.17) is 0 Å². The largest absolute Gasteiger partial charge is 0.295 e. The fourth-order valence-electron chi connectivity index (χ4n) is 6.59. The number of imidazole rings is 1. The zero-order valence-electron chi connectivity index (χ0n) is 25.3. The Kier molecular flexibility index (Phi) is 6.51. The number of hydrogen-bond acceptors (Lipinski definition) is 1. The van der Waals surface area contributed by atoms with Crippen molar-refractivity contribution in [3.05, 3.63) is 120 Å². The molecular formula is C39H37N2S+. The summed E-state index contributed by atoms with van der Waals surface area (Å²) < 4.78 is 7.62. The van der Waals surface area contributed by atoms with Gasteiger partial charge < -0.3 is 0 Å². The molecule has 0 saturated carbocycles. The van der Waals surface area contributed by atoms with Gasteiger partial charge in [0.2, 0.25) is 0 Å². The minimum absolute atomic E-state index is 0.404. The molecule has 0 spiro atoms. The van der Waals surface area contributed by atoms with Gasteiger partial charge in [0, 0.05) is 31.3 Å². The van der Waals surface area contributed by atoms with Crippen LogP contribution in [0.25, 0.3) is 59.4 Å². The second-order valence-corrected chi connectivity index (χ2v) is 13.2. The maximum atomic E-state index is 2.55. The van der Waals surface area contributed by atoms with E-state index in [9.17, 15) is 0 Å². The first-order chi connectivity index (χ1) is 20.3. The molecule has 208 valence electrons. The molecule has 7 rings (SSSR count). The molecule has 7 aromatic rings. The molecule has 0 aliphatic heterocycles. The summed E-state index contributed by atoms with van der Waals surface area (Å²) in [5.74, 6) is 2.04. The minimum Gasteiger partial charge on any atom is -0.225 e. The van der Waals surface area contributed by atoms with Gasteiger partial charge in [-0.25, -0.2) is 4.57 Å². The molecule has 3 heteroatoms. The Morgan fingerprint density at radius 3 is 2.02 bits per heavy atom. The molecule has 0 amide bonds. The third kappa shape index (κ3) is 4.18. The van der Waals surface area contributed by atoms with Gasteiger partial charge in [0.05, 0.1) is 12.6 Å². The van der Waals surface area contributed by atoms with Crippen LogP contribution < -0.4 is 4.57 Å². The maximum absolute atomic E-state index is 2.55. The van der Waals surface area contributed by atoms with Crippen molar-refractivity contribution < 1.29 is 4.57 Å². The zero-order chi connectivity index (χ0) is 29.1. The number of nitrogens with zero attached hydrogens (tertiary/aromatic N) is 2. The Morgan fingerprint density at radius 2 is 1.31 bits per heavy atom. The lowest BCUT2D eigenvalue weighted by Gasteiger charge is -2.18. The Labute approximate surface area is 252 Å². The smallest absolute Gasteiger partial charge is 0.225 e. The lowest BCUT2D eigenvalue weighted by molar-refractivity contribution is -0.633. The molecule has 0 saturated heterocycles. The van der Waals surface area contributed by atoms with E-state index < -0.39 is 0 Å². The van der Waals surface area contributed by atoms with Gasteiger partial charge in [-0.3, -0.25) is 0 Å². The highest BCUT2D eigenvalue weighted by atomic mass is 32.1. The number of thiophene rings is 1. The quantitative estimate of drug-likeness (QED) is 0.184. The predicted molar refractivity (Wildman–Crippen MR) is 181 cm³/mol. The Hall–Kier alpha value is -4.21. The standard InChI is InChI=1S/C39H37N2S/c1-24(2)29-15-12-16-30(25(3)4)38(29)41-35-18-11-10-17-34(35)40(6)39(41)32-23-33-31-20-19-28(27-13-8-7-9-14-27)22-37(31)42-36(33)21-26(32)5/h7-25H,1-6H3/q+1. The van der Waals surface area contributed by atoms with Crippen molar-refractivity contribution in [2.45, 2.75) is 46.5 Å². The number of aryl methyl sites for hydroxylation is 2. The number of para-hydroxylation sites is 3. The Morgan fingerprint density at radius 1 is 0.643 bits per heavy atom. The van der Waals surface area contributed by atoms with Crippen LogP contribution >= 0.6 is 11.3 Å². The van der Waals surface area contributed by atoms with Crippen LogP contribution in [0.2, 0.25) is 0 Å². The summed E-state index contributed by atoms with van der Waals surface area (Å²) in [6, 6.07) is 38.2. The van der Waals surface area contributed by atoms with Crippen LogP contribution in [-0.2, 0) is 7.05 Å². The van der Waals surface area contributed by atoms with Crippen LogP contribution in [0, 0.1) is 6.92 Å². The highest BCUT2D eigenvalue weighted by Crippen LogP contribution is 2.42. The molecule has 0 aliphatic carbocycles. The first kappa shape index (κ1) is 26.7. The van der Waals surface area contributed by atoms with Crippen molar-refractivity contribution >= 4 is 42.5 Å². The predicted octanol–water partition coefficient (Wildman–Crippen LogP) is 10.7. The molecule has 0 fully saturated rings. The van der Waals surface area contributed by atoms with Gasteiger partial charge in [-0.05, 0) is 65.8 Å². The summed E-state index contributed by atoms with van der Waals surface area (Å²) in [6.45, 7) is 11.5. The van der Waals surface area contributed by atoms with Crippen LogP contribution in [0.4, 0.5) is 0 Å². The van der Waals surface area contributed by atoms with Crippen LogP contribution in [-0.4, -0.2) is 4.57 Å². The summed E-state index contributed by atoms with van der Waals surface area (Å²) in [5, 5.41) is 2.65. The van der Waals surface area contributed by atoms with Gasteiger partial charge in [-0.2, -0.15) is 4.57 Å². The minimum atomic E-state index is 0.404. The summed E-state index contributed by atoms with van der Waals surface area (Å²) in [4.78, 5) is 0. The normalized spacial score (nSPS) is 12.0. The van der Waals surface area contributed by atoms with Gasteiger partial charge in [-0.1, -0.05) is 100 Å². The maximum Gasteiger partial charge on any atom is 0.295 e. The number of rotatable bonds is 5. The first-order valence-electron chi connectivity index (χ1n) is 15.0. The third-order valence-corrected chi connectivity index (χ3v) is 9.86. The molecular weight excluding hydrogens is 529 g/mol. The van der Waals surface area contributed by atoms with Crippen molar-refractivity contribution in [1.82, 2.24) is 4.57 Å². The van der Waals surface area contributed by atoms with E-state index in [0.717, 1.165) is 0 Å². The van der Waals surface area contributed by atoms with E-state index in [2.05, 4.69) is 154 Å². The van der Waals surface area contributed by atoms with Crippen LogP contribution in [0.1, 0.15) is 56.2 Å². The number of benzene rings is 5. The van der Waals surface area contributed by atoms with E-state index in [1.165, 1.54) is 76.1 Å². The molecule has 2 nitrogen and oxygen atoms in total. The molecule has 0 bridgehead atoms. The van der Waals surface area contributed by atoms with Crippen molar-refractivity contribution in [2.75, 3.05) is 0 Å². The average Bonchev–Trinajstić information content (AvgIpc) is 3.50. The number of fused-ring (bicyclic) bond motifs is 4. The summed E-state index contributed by atoms with van der Waals surface area (Å²) >= 11 is 1.90. The Bertz CT molecular complexity index is 2080. The summed E-state index contributed by atoms with van der Waals surface area (Å²) in [5.41, 5.74) is 11.7. The third-order valence-electron chi connectivity index (χ3n) is 8.75. The van der Waals surface area contributed by atoms with Gasteiger partial charge in [-0.15, -0.1) is 11.3 Å². The van der Waals surface area contributed by atoms with Crippen LogP contribution in [0.3, 0.4) is 0 Å². The topological polar surface area (TPSA) is 8.81 Å². The highest BCUT2D eigenvalue weighted by molar-refractivity contribution is 7.25. The lowest BCUT2D eigenvalue weighted by Crippen LogP contribution is -2.30. The molecule has 0 unspecified atom stereocenters. The SMILES string of the molecule is Cc1cc2sc3cc(-c4ccccc4)ccc3c2cc1-c1n(-c2c(C(C)C)cccc2C(C)C)c2ccccc2[n+]1C. The number of aromatic nitrogens is 2. The second kappa shape index (κ2) is 10.3. The summed E-state index contributed by atoms with van der Waals surface area (Å²) in [6.07, 6.45) is 0. The summed E-state index contributed by atoms with van der Waals surface area (Å²) in [7, 11) is 2.22. The van der Waals surface area contributed by atoms with Gasteiger partial charge in [0.1, 0.15) is 5.69 Å². The lowest BCUT2D eigenvalue weighted by atomic mass is 9.92. The van der Waals surface area contributed by atoms with Crippen LogP contribution in [0.5, 0.6) is 0 Å². The number of hydrogen-bond donors (Lipinski definition) is 0. The molecule has 0 aliphatic rings. The van der Waals surface area contributed by atoms with Crippen molar-refractivity contribution in [2.24, 2.45) is 7.05 Å². The first-order valence-corrected chi connectivity index (χ1v) is 15.8. The van der Waals surface area contributed by atoms with Gasteiger partial charge >= 0.3 is 0 Å². The zero-order valence-corrected chi connectivity index (χ0v) is 26.1. The van der Waals surface area contributed by atoms with E-state index >= 15 is 0 Å². The second-order valence-electron chi connectivity index (χ2n) is 12.1. The highest BCUT2D eigenvalue weighted by Gasteiger charge is 2.31. The van der Waals surface area contributed by atoms with Crippen LogP contribution in [0.15, 0.2) is 103 Å². The van der Waals surface area contributed by atoms with Gasteiger partial charge in [0.15, 0.2) is 11.0 Å². The molecule has 2 aromatic heterocycles. The van der Waals surface area contributed by atoms with Crippen molar-refractivity contribution in [3.63, 3.8) is 0 Å². The van der Waals surface area contributed by atoms with Gasteiger partial charge in [0.25, 0.3) is 5.82 Å². The monoisotopic (exact) mass is 565 g/mol. The van der Waals surface area contributed by atoms with E-state index in [1.807, 2.05) is 11.3 Å². The molecule has 2 heterocycles. The van der Waals surface area contributed by atoms with Crippen molar-refractivity contribution in [3.8, 4) is 28.2 Å². The van der Waals surface area contributed by atoms with E-state index in [-0.39, 0.29) is 0 Å². The average molecular weight is 566 g/mol.